The summed E-state index contributed by atoms with van der Waals surface area (Å²) in [5.41, 5.74) is 7.78. The molecule has 11 aliphatic rings. The molecule has 0 aromatic heterocycles. The number of rotatable bonds is 9. The molecule has 1 saturated heterocycles. The first-order chi connectivity index (χ1) is 43.3. The SMILES string of the molecule is C1CCOC1.CCOC(=O)CN=C=O.CCOC(=O)CNC(=O)NC1CC[C@]2(C)[C@H]3C(=O)C=C4C5C[C@@](C)(C(=O)OC)CC[C@]5(C)CC[C@@]4(C)[C@]3(C)CC[C@H]2C1(C)C.COC(=O)[C@@]1(C)CC[C@]2(C)CC[C@]3(C)C(=CC(=O)[C@@H]4[C@@]5(C)CCC(N)C(C)(C)[C@@H]5CC[C@]43C)C2C1. The second kappa shape index (κ2) is 26.9. The van der Waals surface area contributed by atoms with Crippen LogP contribution in [0.2, 0.25) is 0 Å². The quantitative estimate of drug-likeness (QED) is 0.0841. The summed E-state index contributed by atoms with van der Waals surface area (Å²) in [5.74, 6) is 0.586. The van der Waals surface area contributed by atoms with Crippen LogP contribution >= 0.6 is 0 Å². The van der Waals surface area contributed by atoms with E-state index in [1.807, 2.05) is 6.08 Å². The fraction of sp³-hybridized carbons (Fsp3) is 0.842. The molecule has 522 valence electrons. The standard InChI is InChI=1S/C36H56N2O6.C31H49NO3.C5H7NO3.C4H8O/c1-10-44-27(40)21-37-30(42)38-26-12-13-34(6)25(31(26,2)3)11-14-36(8)28(34)24(39)19-22-23-20-33(5,29(41)43-9)16-15-32(23,4)17-18-35(22,36)7;1-26(2)22-9-12-31(7)24(29(22,5)11-10-23(26)32)21(33)17-19-20-18-28(4,25(34)35-8)14-13-27(20,3)15-16-30(19,31)6;1-2-9-5(8)3-6-4-7;1-2-4-5-3-1/h19,23,25-26,28H,10-18,20-21H2,1-9H3,(H2,37,38,42);17,20,22-24H,9-16,18,32H2,1-8H3;2-3H2,1H3;1-4H2/t23?,25-,26?,28+,32+,33-,34-,35+,36+;20?,22-,23?,24+,27+,28-,29-,30+,31+;;/m00../s1. The van der Waals surface area contributed by atoms with Gasteiger partial charge in [-0.25, -0.2) is 9.59 Å². The van der Waals surface area contributed by atoms with E-state index in [9.17, 15) is 38.4 Å². The maximum absolute atomic E-state index is 14.6. The molecule has 93 heavy (non-hydrogen) atoms. The van der Waals surface area contributed by atoms with E-state index in [0.29, 0.717) is 18.3 Å². The number of carbonyl (C=O) groups excluding carboxylic acids is 8. The molecule has 4 unspecified atom stereocenters. The number of hydrogen-bond acceptors (Lipinski definition) is 15. The van der Waals surface area contributed by atoms with Gasteiger partial charge in [0.25, 0.3) is 0 Å². The number of carbonyl (C=O) groups is 7. The zero-order valence-corrected chi connectivity index (χ0v) is 60.5. The van der Waals surface area contributed by atoms with Gasteiger partial charge in [0.05, 0.1) is 38.3 Å². The first-order valence-electron chi connectivity index (χ1n) is 35.7. The van der Waals surface area contributed by atoms with Gasteiger partial charge >= 0.3 is 29.9 Å². The Morgan fingerprint density at radius 1 is 0.581 bits per heavy atom. The summed E-state index contributed by atoms with van der Waals surface area (Å²) in [6, 6.07) is -0.217. The third-order valence-corrected chi connectivity index (χ3v) is 29.1. The topological polar surface area (TPSA) is 245 Å². The molecular weight excluding hydrogens is 1180 g/mol. The Labute approximate surface area is 557 Å². The van der Waals surface area contributed by atoms with Crippen LogP contribution in [0.3, 0.4) is 0 Å². The molecule has 4 N–H and O–H groups in total. The summed E-state index contributed by atoms with van der Waals surface area (Å²) in [6.07, 6.45) is 25.6. The van der Waals surface area contributed by atoms with Crippen LogP contribution < -0.4 is 16.4 Å². The van der Waals surface area contributed by atoms with Gasteiger partial charge < -0.3 is 40.1 Å². The highest BCUT2D eigenvalue weighted by molar-refractivity contribution is 5.96. The first-order valence-corrected chi connectivity index (χ1v) is 35.7. The van der Waals surface area contributed by atoms with Crippen molar-refractivity contribution in [1.29, 1.82) is 0 Å². The molecule has 8 saturated carbocycles. The molecule has 0 bridgehead atoms. The Bertz CT molecular complexity index is 2970. The molecule has 0 aromatic rings. The van der Waals surface area contributed by atoms with Crippen molar-refractivity contribution in [3.63, 3.8) is 0 Å². The van der Waals surface area contributed by atoms with Crippen LogP contribution in [-0.4, -0.2) is 113 Å². The highest BCUT2D eigenvalue weighted by atomic mass is 16.5. The van der Waals surface area contributed by atoms with Gasteiger partial charge in [0, 0.05) is 37.1 Å². The summed E-state index contributed by atoms with van der Waals surface area (Å²) < 4.78 is 24.9. The summed E-state index contributed by atoms with van der Waals surface area (Å²) >= 11 is 0. The Balaban J connectivity index is 0.000000200. The van der Waals surface area contributed by atoms with Crippen LogP contribution in [0.15, 0.2) is 28.3 Å². The zero-order chi connectivity index (χ0) is 69.0. The van der Waals surface area contributed by atoms with Crippen LogP contribution in [0.5, 0.6) is 0 Å². The van der Waals surface area contributed by atoms with Crippen molar-refractivity contribution < 1.29 is 62.0 Å². The molecule has 1 aliphatic heterocycles. The number of esters is 4. The molecule has 18 atom stereocenters. The van der Waals surface area contributed by atoms with Gasteiger partial charge in [0.2, 0.25) is 6.08 Å². The zero-order valence-electron chi connectivity index (χ0n) is 60.5. The smallest absolute Gasteiger partial charge is 0.328 e. The number of amides is 2. The second-order valence-corrected chi connectivity index (χ2v) is 34.5. The molecule has 17 nitrogen and oxygen atoms in total. The van der Waals surface area contributed by atoms with Crippen LogP contribution in [-0.2, 0) is 57.2 Å². The molecule has 2 amide bonds. The highest BCUT2D eigenvalue weighted by Gasteiger charge is 2.73. The Morgan fingerprint density at radius 3 is 1.43 bits per heavy atom. The number of isocyanates is 1. The molecule has 10 aliphatic carbocycles. The van der Waals surface area contributed by atoms with Crippen molar-refractivity contribution in [2.45, 2.75) is 251 Å². The van der Waals surface area contributed by atoms with E-state index in [2.05, 4.69) is 123 Å². The minimum absolute atomic E-state index is 0.0116. The van der Waals surface area contributed by atoms with Gasteiger partial charge in [-0.2, -0.15) is 4.99 Å². The van der Waals surface area contributed by atoms with Crippen LogP contribution in [0.4, 0.5) is 4.79 Å². The lowest BCUT2D eigenvalue weighted by Crippen LogP contribution is -2.68. The minimum atomic E-state index is -0.527. The number of nitrogens with one attached hydrogen (secondary N) is 2. The van der Waals surface area contributed by atoms with E-state index in [4.69, 9.17) is 24.7 Å². The number of fused-ring (bicyclic) bond motifs is 14. The normalized spacial score (nSPS) is 42.7. The highest BCUT2D eigenvalue weighted by Crippen LogP contribution is 2.77. The number of allylic oxidation sites excluding steroid dienone is 4. The fourth-order valence-electron chi connectivity index (χ4n) is 22.9. The predicted octanol–water partition coefficient (Wildman–Crippen LogP) is 13.5. The lowest BCUT2D eigenvalue weighted by molar-refractivity contribution is -0.189. The molecule has 0 radical (unpaired) electrons. The number of aliphatic imine (C=N–C) groups is 1. The summed E-state index contributed by atoms with van der Waals surface area (Å²) in [4.78, 5) is 102. The van der Waals surface area contributed by atoms with E-state index in [-0.39, 0.29) is 139 Å². The molecule has 1 heterocycles. The molecule has 11 rings (SSSR count). The maximum atomic E-state index is 14.6. The van der Waals surface area contributed by atoms with E-state index in [0.717, 1.165) is 122 Å². The number of ketones is 2. The van der Waals surface area contributed by atoms with Gasteiger partial charge in [0.1, 0.15) is 13.1 Å². The monoisotopic (exact) mass is 1300 g/mol. The molecule has 0 aromatic carbocycles. The Morgan fingerprint density at radius 2 is 1.01 bits per heavy atom. The number of nitrogens with two attached hydrogens (primary N) is 1. The third-order valence-electron chi connectivity index (χ3n) is 29.1. The molecule has 17 heteroatoms. The minimum Gasteiger partial charge on any atom is -0.469 e. The largest absolute Gasteiger partial charge is 0.469 e. The summed E-state index contributed by atoms with van der Waals surface area (Å²) in [5, 5.41) is 5.82. The first kappa shape index (κ1) is 74.1. The van der Waals surface area contributed by atoms with Crippen molar-refractivity contribution in [2.24, 2.45) is 111 Å². The third kappa shape index (κ3) is 12.7. The fourth-order valence-corrected chi connectivity index (χ4v) is 22.9. The molecular formula is C76H120N4O13. The molecule has 0 spiro atoms. The van der Waals surface area contributed by atoms with Crippen molar-refractivity contribution >= 4 is 47.6 Å². The van der Waals surface area contributed by atoms with Crippen molar-refractivity contribution in [1.82, 2.24) is 10.6 Å². The summed E-state index contributed by atoms with van der Waals surface area (Å²) in [6.45, 7) is 38.3. The van der Waals surface area contributed by atoms with E-state index in [1.54, 1.807) is 13.8 Å². The van der Waals surface area contributed by atoms with Gasteiger partial charge in [-0.1, -0.05) is 94.2 Å². The van der Waals surface area contributed by atoms with E-state index < -0.39 is 22.8 Å². The Kier molecular flexibility index (Phi) is 21.5. The van der Waals surface area contributed by atoms with Crippen LogP contribution in [0, 0.1) is 100 Å². The van der Waals surface area contributed by atoms with Gasteiger partial charge in [-0.05, 0) is 246 Å². The predicted molar refractivity (Wildman–Crippen MR) is 357 cm³/mol. The lowest BCUT2D eigenvalue weighted by atomic mass is 9.33. The molecule has 9 fully saturated rings. The number of nitrogens with zero attached hydrogens (tertiary/aromatic N) is 1. The summed E-state index contributed by atoms with van der Waals surface area (Å²) in [7, 11) is 3.00. The van der Waals surface area contributed by atoms with Crippen molar-refractivity contribution in [3.8, 4) is 0 Å². The van der Waals surface area contributed by atoms with Crippen molar-refractivity contribution in [3.05, 3.63) is 23.3 Å². The average Bonchev–Trinajstić information content (AvgIpc) is 0.698. The Hall–Kier alpha value is -4.73. The van der Waals surface area contributed by atoms with Gasteiger partial charge in [-0.3, -0.25) is 28.8 Å². The number of hydrogen-bond donors (Lipinski definition) is 3. The van der Waals surface area contributed by atoms with Crippen molar-refractivity contribution in [2.75, 3.05) is 53.7 Å². The lowest BCUT2D eigenvalue weighted by Gasteiger charge is -2.70. The van der Waals surface area contributed by atoms with Gasteiger partial charge in [-0.15, -0.1) is 0 Å². The van der Waals surface area contributed by atoms with Crippen LogP contribution in [0.25, 0.3) is 0 Å². The maximum Gasteiger partial charge on any atom is 0.328 e. The van der Waals surface area contributed by atoms with E-state index in [1.165, 1.54) is 50.7 Å². The number of urea groups is 1. The number of ether oxygens (including phenoxy) is 5. The van der Waals surface area contributed by atoms with Gasteiger partial charge in [0.15, 0.2) is 11.6 Å². The second-order valence-electron chi connectivity index (χ2n) is 34.5. The van der Waals surface area contributed by atoms with Crippen LogP contribution in [0.1, 0.15) is 239 Å². The number of methoxy groups -OCH3 is 2. The van der Waals surface area contributed by atoms with E-state index >= 15 is 0 Å². The average molecular weight is 1300 g/mol.